The molecule has 1 N–H and O–H groups in total. The van der Waals surface area contributed by atoms with Gasteiger partial charge in [0.25, 0.3) is 0 Å². The Morgan fingerprint density at radius 2 is 2.04 bits per heavy atom. The van der Waals surface area contributed by atoms with Crippen molar-refractivity contribution in [2.24, 2.45) is 0 Å². The highest BCUT2D eigenvalue weighted by atomic mass is 19.2. The molecule has 0 aliphatic carbocycles. The summed E-state index contributed by atoms with van der Waals surface area (Å²) in [5, 5.41) is 3.07. The summed E-state index contributed by atoms with van der Waals surface area (Å²) >= 11 is 0. The minimum Gasteiger partial charge on any atom is -0.341 e. The number of fused-ring (bicyclic) bond motifs is 1. The third-order valence-electron chi connectivity index (χ3n) is 4.95. The highest BCUT2D eigenvalue weighted by Gasteiger charge is 2.21. The van der Waals surface area contributed by atoms with E-state index < -0.39 is 11.6 Å². The predicted molar refractivity (Wildman–Crippen MR) is 97.8 cm³/mol. The van der Waals surface area contributed by atoms with Crippen molar-refractivity contribution in [3.63, 3.8) is 0 Å². The fourth-order valence-corrected chi connectivity index (χ4v) is 3.24. The van der Waals surface area contributed by atoms with Gasteiger partial charge in [0.1, 0.15) is 12.1 Å². The van der Waals surface area contributed by atoms with Crippen LogP contribution in [0, 0.1) is 25.5 Å². The van der Waals surface area contributed by atoms with Crippen LogP contribution in [0.2, 0.25) is 0 Å². The fourth-order valence-electron chi connectivity index (χ4n) is 3.24. The molecule has 8 heteroatoms. The van der Waals surface area contributed by atoms with Crippen molar-refractivity contribution >= 4 is 28.4 Å². The molecule has 2 aromatic heterocycles. The van der Waals surface area contributed by atoms with E-state index in [0.29, 0.717) is 22.6 Å². The van der Waals surface area contributed by atoms with E-state index in [2.05, 4.69) is 15.3 Å². The van der Waals surface area contributed by atoms with Gasteiger partial charge in [0.2, 0.25) is 5.91 Å². The lowest BCUT2D eigenvalue weighted by molar-refractivity contribution is -0.135. The number of hydrogen-bond donors (Lipinski definition) is 1. The Hall–Kier alpha value is -3.03. The van der Waals surface area contributed by atoms with Gasteiger partial charge in [0, 0.05) is 30.5 Å². The number of carbonyl (C=O) groups is 1. The molecule has 1 aliphatic rings. The first-order chi connectivity index (χ1) is 13.0. The normalized spacial score (nSPS) is 13.7. The second kappa shape index (κ2) is 6.61. The van der Waals surface area contributed by atoms with Crippen LogP contribution in [0.4, 0.5) is 20.3 Å². The third-order valence-corrected chi connectivity index (χ3v) is 4.95. The Morgan fingerprint density at radius 1 is 1.26 bits per heavy atom. The first kappa shape index (κ1) is 17.4. The average molecular weight is 371 g/mol. The molecule has 0 saturated carbocycles. The Bertz CT molecular complexity index is 1040. The predicted octanol–water partition coefficient (Wildman–Crippen LogP) is 3.30. The zero-order valence-corrected chi connectivity index (χ0v) is 15.1. The number of aromatic nitrogens is 3. The first-order valence-corrected chi connectivity index (χ1v) is 8.75. The maximum atomic E-state index is 14.0. The van der Waals surface area contributed by atoms with Gasteiger partial charge in [-0.3, -0.25) is 4.79 Å². The zero-order valence-electron chi connectivity index (χ0n) is 15.1. The molecule has 27 heavy (non-hydrogen) atoms. The molecule has 140 valence electrons. The van der Waals surface area contributed by atoms with Crippen LogP contribution in [-0.2, 0) is 11.3 Å². The van der Waals surface area contributed by atoms with Gasteiger partial charge in [-0.1, -0.05) is 0 Å². The summed E-state index contributed by atoms with van der Waals surface area (Å²) in [6, 6.07) is 2.93. The van der Waals surface area contributed by atoms with Crippen molar-refractivity contribution < 1.29 is 13.6 Å². The number of benzene rings is 1. The Morgan fingerprint density at radius 3 is 2.74 bits per heavy atom. The lowest BCUT2D eigenvalue weighted by Gasteiger charge is -2.31. The molecule has 0 bridgehead atoms. The number of nitrogens with zero attached hydrogens (tertiary/aromatic N) is 4. The second-order valence-corrected chi connectivity index (χ2v) is 6.75. The topological polar surface area (TPSA) is 63.1 Å². The number of likely N-dealkylation sites (tertiary alicyclic amines) is 1. The smallest absolute Gasteiger partial charge is 0.242 e. The van der Waals surface area contributed by atoms with Crippen LogP contribution in [0.5, 0.6) is 0 Å². The number of carbonyl (C=O) groups excluding carboxylic acids is 1. The lowest BCUT2D eigenvalue weighted by Crippen LogP contribution is -2.43. The minimum absolute atomic E-state index is 0.0548. The quantitative estimate of drug-likeness (QED) is 0.764. The highest BCUT2D eigenvalue weighted by Crippen LogP contribution is 2.30. The number of halogens is 2. The van der Waals surface area contributed by atoms with Crippen LogP contribution in [0.1, 0.15) is 17.5 Å². The molecule has 3 aromatic rings. The Balaban J connectivity index is 1.68. The van der Waals surface area contributed by atoms with Gasteiger partial charge in [-0.2, -0.15) is 0 Å². The van der Waals surface area contributed by atoms with Crippen molar-refractivity contribution in [2.75, 3.05) is 18.4 Å². The number of hydrogen-bond acceptors (Lipinski definition) is 4. The van der Waals surface area contributed by atoms with Crippen molar-refractivity contribution in [3.05, 3.63) is 47.4 Å². The van der Waals surface area contributed by atoms with Gasteiger partial charge in [0.05, 0.1) is 11.8 Å². The summed E-state index contributed by atoms with van der Waals surface area (Å²) in [6.07, 6.45) is 4.24. The molecule has 0 unspecified atom stereocenters. The van der Waals surface area contributed by atoms with Gasteiger partial charge in [-0.25, -0.2) is 18.7 Å². The van der Waals surface area contributed by atoms with Crippen LogP contribution in [0.25, 0.3) is 11.0 Å². The Labute approximate surface area is 154 Å². The largest absolute Gasteiger partial charge is 0.341 e. The van der Waals surface area contributed by atoms with Crippen LogP contribution < -0.4 is 5.32 Å². The molecule has 0 radical (unpaired) electrons. The first-order valence-electron chi connectivity index (χ1n) is 8.75. The van der Waals surface area contributed by atoms with Crippen LogP contribution in [-0.4, -0.2) is 38.4 Å². The molecular formula is C19H19F2N5O. The number of amides is 1. The maximum Gasteiger partial charge on any atom is 0.242 e. The van der Waals surface area contributed by atoms with Crippen molar-refractivity contribution in [1.82, 2.24) is 19.4 Å². The van der Waals surface area contributed by atoms with Crippen molar-refractivity contribution in [1.29, 1.82) is 0 Å². The van der Waals surface area contributed by atoms with Crippen LogP contribution >= 0.6 is 0 Å². The molecule has 1 fully saturated rings. The van der Waals surface area contributed by atoms with E-state index in [4.69, 9.17) is 0 Å². The van der Waals surface area contributed by atoms with E-state index in [1.54, 1.807) is 35.0 Å². The van der Waals surface area contributed by atoms with E-state index in [9.17, 15) is 13.6 Å². The number of imidazole rings is 1. The van der Waals surface area contributed by atoms with Gasteiger partial charge in [-0.05, 0) is 38.0 Å². The Kier molecular flexibility index (Phi) is 4.25. The number of nitrogens with one attached hydrogen (secondary N) is 1. The summed E-state index contributed by atoms with van der Waals surface area (Å²) < 4.78 is 29.3. The van der Waals surface area contributed by atoms with E-state index >= 15 is 0 Å². The highest BCUT2D eigenvalue weighted by molar-refractivity contribution is 5.89. The molecule has 3 heterocycles. The maximum absolute atomic E-state index is 14.0. The summed E-state index contributed by atoms with van der Waals surface area (Å²) in [5.74, 6) is -1.28. The van der Waals surface area contributed by atoms with E-state index in [0.717, 1.165) is 31.1 Å². The van der Waals surface area contributed by atoms with Crippen molar-refractivity contribution in [3.8, 4) is 0 Å². The van der Waals surface area contributed by atoms with Gasteiger partial charge in [0.15, 0.2) is 17.5 Å². The molecule has 1 aliphatic heterocycles. The van der Waals surface area contributed by atoms with Crippen molar-refractivity contribution in [2.45, 2.75) is 26.8 Å². The molecule has 1 saturated heterocycles. The van der Waals surface area contributed by atoms with E-state index in [1.165, 1.54) is 6.92 Å². The summed E-state index contributed by atoms with van der Waals surface area (Å²) in [6.45, 7) is 5.02. The fraction of sp³-hybridized carbons (Fsp3) is 0.316. The third kappa shape index (κ3) is 3.01. The van der Waals surface area contributed by atoms with Crippen LogP contribution in [0.3, 0.4) is 0 Å². The average Bonchev–Trinajstić information content (AvgIpc) is 2.99. The molecular weight excluding hydrogens is 352 g/mol. The van der Waals surface area contributed by atoms with Crippen LogP contribution in [0.15, 0.2) is 24.7 Å². The minimum atomic E-state index is -0.888. The standard InChI is InChI=1S/C19H19F2N5O/c1-11-8-13(20)16(21)12(2)17(11)24-19-18-14(4-5-22-19)26(10-23-18)9-15(27)25-6-3-7-25/h4-5,8,10H,3,6-7,9H2,1-2H3,(H,22,24). The number of aryl methyl sites for hydroxylation is 1. The molecule has 6 nitrogen and oxygen atoms in total. The molecule has 0 atom stereocenters. The van der Waals surface area contributed by atoms with Gasteiger partial charge < -0.3 is 14.8 Å². The van der Waals surface area contributed by atoms with E-state index in [1.807, 2.05) is 0 Å². The molecule has 4 rings (SSSR count). The number of pyridine rings is 1. The number of rotatable bonds is 4. The summed E-state index contributed by atoms with van der Waals surface area (Å²) in [7, 11) is 0. The monoisotopic (exact) mass is 371 g/mol. The zero-order chi connectivity index (χ0) is 19.1. The summed E-state index contributed by atoms with van der Waals surface area (Å²) in [5.41, 5.74) is 2.52. The van der Waals surface area contributed by atoms with E-state index in [-0.39, 0.29) is 18.0 Å². The second-order valence-electron chi connectivity index (χ2n) is 6.75. The molecule has 0 spiro atoms. The lowest BCUT2D eigenvalue weighted by atomic mass is 10.1. The SMILES string of the molecule is Cc1cc(F)c(F)c(C)c1Nc1nccc2c1ncn2CC(=O)N1CCC1. The summed E-state index contributed by atoms with van der Waals surface area (Å²) in [4.78, 5) is 22.7. The number of anilines is 2. The molecule has 1 aromatic carbocycles. The van der Waals surface area contributed by atoms with Gasteiger partial charge >= 0.3 is 0 Å². The van der Waals surface area contributed by atoms with Gasteiger partial charge in [-0.15, -0.1) is 0 Å². The molecule has 1 amide bonds.